The summed E-state index contributed by atoms with van der Waals surface area (Å²) in [6.07, 6.45) is -2.88. The van der Waals surface area contributed by atoms with E-state index >= 15 is 0 Å². The Morgan fingerprint density at radius 2 is 1.74 bits per heavy atom. The van der Waals surface area contributed by atoms with Crippen LogP contribution < -0.4 is 5.32 Å². The van der Waals surface area contributed by atoms with E-state index in [1.54, 1.807) is 24.3 Å². The number of fused-ring (bicyclic) bond motifs is 1. The summed E-state index contributed by atoms with van der Waals surface area (Å²) in [6, 6.07) is 5.81. The number of benzene rings is 1. The lowest BCUT2D eigenvalue weighted by Gasteiger charge is -2.36. The molecule has 1 aromatic heterocycles. The molecule has 0 radical (unpaired) electrons. The first-order valence-corrected chi connectivity index (χ1v) is 13.1. The second kappa shape index (κ2) is 8.22. The minimum absolute atomic E-state index is 0.0711. The van der Waals surface area contributed by atoms with Gasteiger partial charge < -0.3 is 10.2 Å². The molecule has 3 aliphatic rings. The molecular formula is C23H28F3N5O3S. The van der Waals surface area contributed by atoms with Crippen LogP contribution in [-0.2, 0) is 10.0 Å². The Balaban J connectivity index is 1.31. The molecule has 8 nitrogen and oxygen atoms in total. The van der Waals surface area contributed by atoms with E-state index in [-0.39, 0.29) is 60.5 Å². The zero-order valence-corrected chi connectivity index (χ0v) is 20.4. The maximum Gasteiger partial charge on any atom is 0.410 e. The number of amides is 1. The van der Waals surface area contributed by atoms with Crippen LogP contribution in [0.5, 0.6) is 0 Å². The largest absolute Gasteiger partial charge is 0.410 e. The van der Waals surface area contributed by atoms with Crippen LogP contribution in [0.4, 0.5) is 19.0 Å². The number of hydrogen-bond donors (Lipinski definition) is 1. The van der Waals surface area contributed by atoms with Gasteiger partial charge in [0.15, 0.2) is 11.7 Å². The van der Waals surface area contributed by atoms with E-state index in [0.717, 1.165) is 23.1 Å². The molecule has 1 saturated heterocycles. The van der Waals surface area contributed by atoms with Crippen molar-refractivity contribution in [1.29, 1.82) is 0 Å². The number of nitrogens with one attached hydrogen (secondary N) is 1. The molecule has 1 N–H and O–H groups in total. The molecule has 0 spiro atoms. The second-order valence-corrected chi connectivity index (χ2v) is 12.0. The molecule has 0 bridgehead atoms. The van der Waals surface area contributed by atoms with Gasteiger partial charge in [0.2, 0.25) is 10.0 Å². The van der Waals surface area contributed by atoms with E-state index in [1.807, 2.05) is 13.8 Å². The van der Waals surface area contributed by atoms with Gasteiger partial charge in [-0.25, -0.2) is 13.1 Å². The fourth-order valence-electron chi connectivity index (χ4n) is 4.83. The molecule has 1 amide bonds. The smallest absolute Gasteiger partial charge is 0.367 e. The van der Waals surface area contributed by atoms with Crippen molar-refractivity contribution in [3.05, 3.63) is 41.6 Å². The number of carbonyl (C=O) groups excluding carboxylic acids is 1. The van der Waals surface area contributed by atoms with Crippen molar-refractivity contribution in [3.8, 4) is 0 Å². The molecule has 5 rings (SSSR count). The van der Waals surface area contributed by atoms with Gasteiger partial charge in [-0.1, -0.05) is 24.6 Å². The number of aryl methyl sites for hydroxylation is 1. The third-order valence-corrected chi connectivity index (χ3v) is 9.39. The summed E-state index contributed by atoms with van der Waals surface area (Å²) < 4.78 is 69.5. The molecule has 0 unspecified atom stereocenters. The van der Waals surface area contributed by atoms with Gasteiger partial charge >= 0.3 is 6.18 Å². The summed E-state index contributed by atoms with van der Waals surface area (Å²) in [7, 11) is -3.69. The number of nitrogens with zero attached hydrogens (tertiary/aromatic N) is 4. The molecule has 2 aliphatic heterocycles. The molecular weight excluding hydrogens is 483 g/mol. The number of anilines is 1. The van der Waals surface area contributed by atoms with Crippen molar-refractivity contribution in [1.82, 2.24) is 19.0 Å². The standard InChI is InChI=1S/C23H28F3N5O3S/c1-15-3-5-16(6-4-15)35(33,34)30-11-9-29(10-12-30)21(32)17-13-20-27-18(22(2)7-8-22)14-19(23(24,25)26)31(20)28-17/h3-6,13,18-19,27H,7-12,14H2,1-2H3/t18-,19-/m0/s1. The number of sulfonamides is 1. The SMILES string of the molecule is Cc1ccc(S(=O)(=O)N2CCN(C(=O)c3cc4n(n3)[C@H](C(F)(F)F)C[C@@H](C3(C)CC3)N4)CC2)cc1. The third kappa shape index (κ3) is 4.42. The van der Waals surface area contributed by atoms with Crippen LogP contribution in [0.15, 0.2) is 35.2 Å². The lowest BCUT2D eigenvalue weighted by molar-refractivity contribution is -0.174. The minimum Gasteiger partial charge on any atom is -0.367 e. The summed E-state index contributed by atoms with van der Waals surface area (Å²) in [5.41, 5.74) is 0.697. The maximum atomic E-state index is 13.8. The molecule has 2 fully saturated rings. The Morgan fingerprint density at radius 3 is 2.31 bits per heavy atom. The van der Waals surface area contributed by atoms with Gasteiger partial charge in [0.1, 0.15) is 5.82 Å². The van der Waals surface area contributed by atoms with Crippen molar-refractivity contribution in [3.63, 3.8) is 0 Å². The van der Waals surface area contributed by atoms with Crippen LogP contribution in [-0.4, -0.2) is 71.7 Å². The van der Waals surface area contributed by atoms with Gasteiger partial charge in [-0.2, -0.15) is 22.6 Å². The predicted molar refractivity (Wildman–Crippen MR) is 123 cm³/mol. The minimum atomic E-state index is -4.48. The molecule has 1 aromatic carbocycles. The Kier molecular flexibility index (Phi) is 5.67. The summed E-state index contributed by atoms with van der Waals surface area (Å²) in [5.74, 6) is -0.308. The van der Waals surface area contributed by atoms with E-state index < -0.39 is 28.1 Å². The quantitative estimate of drug-likeness (QED) is 0.680. The summed E-state index contributed by atoms with van der Waals surface area (Å²) in [4.78, 5) is 14.7. The average Bonchev–Trinajstić information content (AvgIpc) is 3.42. The lowest BCUT2D eigenvalue weighted by atomic mass is 9.90. The number of alkyl halides is 3. The van der Waals surface area contributed by atoms with Gasteiger partial charge in [-0.05, 0) is 43.7 Å². The third-order valence-electron chi connectivity index (χ3n) is 7.47. The van der Waals surface area contributed by atoms with Crippen LogP contribution in [0, 0.1) is 12.3 Å². The Labute approximate surface area is 202 Å². The molecule has 35 heavy (non-hydrogen) atoms. The van der Waals surface area contributed by atoms with E-state index in [0.29, 0.717) is 0 Å². The van der Waals surface area contributed by atoms with E-state index in [4.69, 9.17) is 0 Å². The second-order valence-electron chi connectivity index (χ2n) is 10.0. The Hall–Kier alpha value is -2.60. The van der Waals surface area contributed by atoms with Crippen LogP contribution >= 0.6 is 0 Å². The van der Waals surface area contributed by atoms with Crippen molar-refractivity contribution < 1.29 is 26.4 Å². The number of rotatable bonds is 4. The van der Waals surface area contributed by atoms with E-state index in [9.17, 15) is 26.4 Å². The van der Waals surface area contributed by atoms with Gasteiger partial charge in [-0.15, -0.1) is 0 Å². The van der Waals surface area contributed by atoms with E-state index in [1.165, 1.54) is 15.3 Å². The fraction of sp³-hybridized carbons (Fsp3) is 0.565. The van der Waals surface area contributed by atoms with Crippen LogP contribution in [0.3, 0.4) is 0 Å². The van der Waals surface area contributed by atoms with E-state index in [2.05, 4.69) is 10.4 Å². The number of carbonyl (C=O) groups is 1. The average molecular weight is 512 g/mol. The first-order valence-electron chi connectivity index (χ1n) is 11.7. The molecule has 1 aliphatic carbocycles. The number of halogens is 3. The highest BCUT2D eigenvalue weighted by Crippen LogP contribution is 2.54. The normalized spacial score (nSPS) is 24.5. The van der Waals surface area contributed by atoms with Gasteiger partial charge in [0, 0.05) is 38.3 Å². The van der Waals surface area contributed by atoms with Crippen molar-refractivity contribution in [2.75, 3.05) is 31.5 Å². The highest BCUT2D eigenvalue weighted by atomic mass is 32.2. The van der Waals surface area contributed by atoms with Crippen LogP contribution in [0.25, 0.3) is 0 Å². The molecule has 1 saturated carbocycles. The molecule has 2 aromatic rings. The first kappa shape index (κ1) is 24.1. The molecule has 190 valence electrons. The van der Waals surface area contributed by atoms with Gasteiger partial charge in [0.05, 0.1) is 4.90 Å². The summed E-state index contributed by atoms with van der Waals surface area (Å²) in [5, 5.41) is 7.22. The van der Waals surface area contributed by atoms with Crippen molar-refractivity contribution in [2.24, 2.45) is 5.41 Å². The highest BCUT2D eigenvalue weighted by Gasteiger charge is 2.53. The van der Waals surface area contributed by atoms with Gasteiger partial charge in [-0.3, -0.25) is 4.79 Å². The molecule has 2 atom stereocenters. The monoisotopic (exact) mass is 511 g/mol. The number of piperazine rings is 1. The topological polar surface area (TPSA) is 87.5 Å². The van der Waals surface area contributed by atoms with Crippen LogP contribution in [0.2, 0.25) is 0 Å². The number of hydrogen-bond acceptors (Lipinski definition) is 5. The zero-order valence-electron chi connectivity index (χ0n) is 19.5. The molecule has 12 heteroatoms. The lowest BCUT2D eigenvalue weighted by Crippen LogP contribution is -2.50. The van der Waals surface area contributed by atoms with Crippen molar-refractivity contribution >= 4 is 21.7 Å². The maximum absolute atomic E-state index is 13.8. The fourth-order valence-corrected chi connectivity index (χ4v) is 6.26. The highest BCUT2D eigenvalue weighted by molar-refractivity contribution is 7.89. The predicted octanol–water partition coefficient (Wildman–Crippen LogP) is 3.43. The first-order chi connectivity index (χ1) is 16.4. The zero-order chi connectivity index (χ0) is 25.2. The summed E-state index contributed by atoms with van der Waals surface area (Å²) in [6.45, 7) is 4.29. The Morgan fingerprint density at radius 1 is 1.11 bits per heavy atom. The number of aromatic nitrogens is 2. The van der Waals surface area contributed by atoms with Crippen molar-refractivity contribution in [2.45, 2.75) is 56.3 Å². The van der Waals surface area contributed by atoms with Gasteiger partial charge in [0.25, 0.3) is 5.91 Å². The summed E-state index contributed by atoms with van der Waals surface area (Å²) >= 11 is 0. The Bertz CT molecular complexity index is 1230. The van der Waals surface area contributed by atoms with Crippen LogP contribution in [0.1, 0.15) is 48.3 Å². The molecule has 3 heterocycles.